The molecule has 0 bridgehead atoms. The van der Waals surface area contributed by atoms with Crippen LogP contribution in [-0.4, -0.2) is 5.91 Å². The van der Waals surface area contributed by atoms with Crippen molar-refractivity contribution < 1.29 is 4.79 Å². The fourth-order valence-electron chi connectivity index (χ4n) is 3.33. The van der Waals surface area contributed by atoms with E-state index in [9.17, 15) is 4.79 Å². The Hall–Kier alpha value is -1.57. The molecular weight excluding hydrogens is 282 g/mol. The van der Waals surface area contributed by atoms with Gasteiger partial charge in [0.15, 0.2) is 0 Å². The van der Waals surface area contributed by atoms with Crippen LogP contribution in [0.1, 0.15) is 71.1 Å². The van der Waals surface area contributed by atoms with Gasteiger partial charge in [0.25, 0.3) is 5.91 Å². The summed E-state index contributed by atoms with van der Waals surface area (Å²) in [6, 6.07) is 9.79. The van der Waals surface area contributed by atoms with E-state index in [0.29, 0.717) is 5.92 Å². The van der Waals surface area contributed by atoms with Crippen molar-refractivity contribution in [1.29, 1.82) is 0 Å². The van der Waals surface area contributed by atoms with E-state index in [2.05, 4.69) is 18.3 Å². The highest BCUT2D eigenvalue weighted by atomic mass is 16.1. The van der Waals surface area contributed by atoms with Gasteiger partial charge in [0.05, 0.1) is 0 Å². The first kappa shape index (κ1) is 17.8. The van der Waals surface area contributed by atoms with Crippen LogP contribution in [0.25, 0.3) is 0 Å². The predicted molar refractivity (Wildman–Crippen MR) is 98.5 cm³/mol. The number of unbranched alkanes of at least 4 members (excludes halogenated alkanes) is 3. The molecule has 2 nitrogen and oxygen atoms in total. The standard InChI is InChI=1S/C21H31NO/c1-2-3-4-9-14-19(17-18-12-7-5-8-13-18)21(23)22-20-15-10-6-11-16-20/h6,10-11,15-18H,2-5,7-9,12-14H2,1H3,(H,22,23)/b19-17+. The molecule has 0 saturated heterocycles. The summed E-state index contributed by atoms with van der Waals surface area (Å²) in [6.45, 7) is 2.22. The maximum atomic E-state index is 12.7. The van der Waals surface area contributed by atoms with E-state index < -0.39 is 0 Å². The van der Waals surface area contributed by atoms with Gasteiger partial charge in [-0.1, -0.05) is 69.7 Å². The van der Waals surface area contributed by atoms with E-state index >= 15 is 0 Å². The van der Waals surface area contributed by atoms with Gasteiger partial charge in [-0.3, -0.25) is 4.79 Å². The summed E-state index contributed by atoms with van der Waals surface area (Å²) in [7, 11) is 0. The molecule has 1 amide bonds. The summed E-state index contributed by atoms with van der Waals surface area (Å²) >= 11 is 0. The molecule has 1 fully saturated rings. The Morgan fingerprint density at radius 3 is 2.52 bits per heavy atom. The molecule has 1 N–H and O–H groups in total. The summed E-state index contributed by atoms with van der Waals surface area (Å²) in [5.74, 6) is 0.699. The van der Waals surface area contributed by atoms with Gasteiger partial charge in [0, 0.05) is 11.3 Å². The molecule has 2 heteroatoms. The predicted octanol–water partition coefficient (Wildman–Crippen LogP) is 6.10. The number of carbonyl (C=O) groups is 1. The van der Waals surface area contributed by atoms with Crippen LogP contribution >= 0.6 is 0 Å². The van der Waals surface area contributed by atoms with E-state index in [1.54, 1.807) is 0 Å². The Morgan fingerprint density at radius 1 is 1.09 bits per heavy atom. The lowest BCUT2D eigenvalue weighted by Crippen LogP contribution is -2.16. The summed E-state index contributed by atoms with van der Waals surface area (Å²) in [4.78, 5) is 12.7. The van der Waals surface area contributed by atoms with E-state index in [-0.39, 0.29) is 5.91 Å². The molecular formula is C21H31NO. The lowest BCUT2D eigenvalue weighted by Gasteiger charge is -2.20. The van der Waals surface area contributed by atoms with Gasteiger partial charge in [-0.25, -0.2) is 0 Å². The number of anilines is 1. The highest BCUT2D eigenvalue weighted by molar-refractivity contribution is 6.03. The first-order valence-electron chi connectivity index (χ1n) is 9.36. The zero-order valence-electron chi connectivity index (χ0n) is 14.5. The lowest BCUT2D eigenvalue weighted by molar-refractivity contribution is -0.113. The van der Waals surface area contributed by atoms with Crippen LogP contribution in [0.3, 0.4) is 0 Å². The van der Waals surface area contributed by atoms with Crippen LogP contribution in [0.15, 0.2) is 42.0 Å². The van der Waals surface area contributed by atoms with Crippen LogP contribution in [0.2, 0.25) is 0 Å². The molecule has 1 aromatic carbocycles. The Labute approximate surface area is 141 Å². The number of nitrogens with one attached hydrogen (secondary N) is 1. The summed E-state index contributed by atoms with van der Waals surface area (Å²) in [5.41, 5.74) is 1.89. The van der Waals surface area contributed by atoms with E-state index in [4.69, 9.17) is 0 Å². The Morgan fingerprint density at radius 2 is 1.83 bits per heavy atom. The minimum Gasteiger partial charge on any atom is -0.322 e. The number of para-hydroxylation sites is 1. The maximum absolute atomic E-state index is 12.7. The van der Waals surface area contributed by atoms with Crippen LogP contribution in [-0.2, 0) is 4.79 Å². The van der Waals surface area contributed by atoms with E-state index in [1.165, 1.54) is 51.4 Å². The monoisotopic (exact) mass is 313 g/mol. The molecule has 23 heavy (non-hydrogen) atoms. The second-order valence-corrected chi connectivity index (χ2v) is 6.72. The van der Waals surface area contributed by atoms with Crippen LogP contribution in [0.5, 0.6) is 0 Å². The Kier molecular flexibility index (Phi) is 7.92. The molecule has 1 aliphatic carbocycles. The van der Waals surface area contributed by atoms with Crippen LogP contribution in [0, 0.1) is 5.92 Å². The molecule has 2 rings (SSSR count). The molecule has 0 aliphatic heterocycles. The van der Waals surface area contributed by atoms with E-state index in [0.717, 1.165) is 24.1 Å². The summed E-state index contributed by atoms with van der Waals surface area (Å²) in [6.07, 6.45) is 14.5. The quantitative estimate of drug-likeness (QED) is 0.456. The highest BCUT2D eigenvalue weighted by Gasteiger charge is 2.16. The smallest absolute Gasteiger partial charge is 0.251 e. The topological polar surface area (TPSA) is 29.1 Å². The second-order valence-electron chi connectivity index (χ2n) is 6.72. The summed E-state index contributed by atoms with van der Waals surface area (Å²) < 4.78 is 0. The third-order valence-electron chi connectivity index (χ3n) is 4.71. The van der Waals surface area contributed by atoms with Crippen molar-refractivity contribution in [2.24, 2.45) is 5.92 Å². The van der Waals surface area contributed by atoms with Gasteiger partial charge in [-0.05, 0) is 43.7 Å². The third kappa shape index (κ3) is 6.60. The number of benzene rings is 1. The molecule has 0 radical (unpaired) electrons. The number of carbonyl (C=O) groups excluding carboxylic acids is 1. The third-order valence-corrected chi connectivity index (χ3v) is 4.71. The molecule has 1 aromatic rings. The largest absolute Gasteiger partial charge is 0.322 e. The number of allylic oxidation sites excluding steroid dienone is 1. The first-order valence-corrected chi connectivity index (χ1v) is 9.36. The molecule has 0 aromatic heterocycles. The van der Waals surface area contributed by atoms with Crippen molar-refractivity contribution in [3.8, 4) is 0 Å². The Balaban J connectivity index is 1.98. The molecule has 0 spiro atoms. The molecule has 1 saturated carbocycles. The fraction of sp³-hybridized carbons (Fsp3) is 0.571. The fourth-order valence-corrected chi connectivity index (χ4v) is 3.33. The first-order chi connectivity index (χ1) is 11.3. The number of amides is 1. The minimum atomic E-state index is 0.0956. The van der Waals surface area contributed by atoms with Gasteiger partial charge in [-0.2, -0.15) is 0 Å². The van der Waals surface area contributed by atoms with Crippen molar-refractivity contribution in [3.05, 3.63) is 42.0 Å². The average Bonchev–Trinajstić information content (AvgIpc) is 2.59. The van der Waals surface area contributed by atoms with Crippen molar-refractivity contribution in [2.45, 2.75) is 71.1 Å². The molecule has 1 aliphatic rings. The normalized spacial score (nSPS) is 16.3. The van der Waals surface area contributed by atoms with Gasteiger partial charge in [0.1, 0.15) is 0 Å². The zero-order chi connectivity index (χ0) is 16.3. The molecule has 0 unspecified atom stereocenters. The minimum absolute atomic E-state index is 0.0956. The molecule has 126 valence electrons. The number of hydrogen-bond acceptors (Lipinski definition) is 1. The average molecular weight is 313 g/mol. The number of rotatable bonds is 8. The van der Waals surface area contributed by atoms with Crippen LogP contribution in [0.4, 0.5) is 5.69 Å². The number of hydrogen-bond donors (Lipinski definition) is 1. The van der Waals surface area contributed by atoms with Gasteiger partial charge in [0.2, 0.25) is 0 Å². The Bertz CT molecular complexity index is 486. The lowest BCUT2D eigenvalue weighted by atomic mass is 9.87. The zero-order valence-corrected chi connectivity index (χ0v) is 14.5. The SMILES string of the molecule is CCCCCC/C(=C\C1CCCCC1)C(=O)Nc1ccccc1. The van der Waals surface area contributed by atoms with Gasteiger partial charge < -0.3 is 5.32 Å². The van der Waals surface area contributed by atoms with E-state index in [1.807, 2.05) is 30.3 Å². The van der Waals surface area contributed by atoms with Crippen molar-refractivity contribution in [2.75, 3.05) is 5.32 Å². The van der Waals surface area contributed by atoms with Crippen molar-refractivity contribution in [3.63, 3.8) is 0 Å². The molecule has 0 atom stereocenters. The van der Waals surface area contributed by atoms with Crippen molar-refractivity contribution >= 4 is 11.6 Å². The second kappa shape index (κ2) is 10.3. The van der Waals surface area contributed by atoms with Crippen molar-refractivity contribution in [1.82, 2.24) is 0 Å². The van der Waals surface area contributed by atoms with Gasteiger partial charge in [-0.15, -0.1) is 0 Å². The summed E-state index contributed by atoms with van der Waals surface area (Å²) in [5, 5.41) is 3.07. The highest BCUT2D eigenvalue weighted by Crippen LogP contribution is 2.27. The van der Waals surface area contributed by atoms with Gasteiger partial charge >= 0.3 is 0 Å². The van der Waals surface area contributed by atoms with Crippen LogP contribution < -0.4 is 5.32 Å². The molecule has 0 heterocycles. The maximum Gasteiger partial charge on any atom is 0.251 e.